The van der Waals surface area contributed by atoms with Crippen LogP contribution in [-0.2, 0) is 33.2 Å². The topological polar surface area (TPSA) is 214 Å². The molecule has 2 aliphatic heterocycles. The molecule has 422 valence electrons. The van der Waals surface area contributed by atoms with Crippen LogP contribution in [-0.4, -0.2) is 142 Å². The van der Waals surface area contributed by atoms with Gasteiger partial charge in [-0.05, 0) is 83.5 Å². The predicted octanol–water partition coefficient (Wildman–Crippen LogP) is 9.86. The Hall–Kier alpha value is -2.57. The van der Waals surface area contributed by atoms with Crippen LogP contribution in [0.25, 0.3) is 0 Å². The van der Waals surface area contributed by atoms with Crippen molar-refractivity contribution in [3.63, 3.8) is 0 Å². The van der Waals surface area contributed by atoms with Gasteiger partial charge in [-0.1, -0.05) is 177 Å². The van der Waals surface area contributed by atoms with Gasteiger partial charge in [0, 0.05) is 13.0 Å². The Morgan fingerprint density at radius 2 is 0.890 bits per heavy atom. The fourth-order valence-corrected chi connectivity index (χ4v) is 8.60. The first kappa shape index (κ1) is 66.5. The second kappa shape index (κ2) is 45.6. The lowest BCUT2D eigenvalue weighted by atomic mass is 9.98. The van der Waals surface area contributed by atoms with Gasteiger partial charge in [-0.15, -0.1) is 0 Å². The molecule has 0 aromatic carbocycles. The summed E-state index contributed by atoms with van der Waals surface area (Å²) >= 11 is 0. The fraction of sp³-hybridized carbons (Fsp3) is 0.780. The molecule has 0 aromatic heterocycles. The predicted molar refractivity (Wildman–Crippen MR) is 289 cm³/mol. The van der Waals surface area contributed by atoms with Gasteiger partial charge in [0.05, 0.1) is 26.4 Å². The van der Waals surface area contributed by atoms with Crippen molar-refractivity contribution in [3.8, 4) is 0 Å². The molecule has 73 heavy (non-hydrogen) atoms. The quantitative estimate of drug-likeness (QED) is 0.0172. The van der Waals surface area contributed by atoms with Crippen molar-refractivity contribution in [3.05, 3.63) is 72.9 Å². The monoisotopic (exact) mass is 1030 g/mol. The second-order valence-electron chi connectivity index (χ2n) is 19.7. The van der Waals surface area contributed by atoms with Crippen molar-refractivity contribution >= 4 is 5.97 Å². The molecule has 0 spiro atoms. The molecule has 0 saturated carbocycles. The molecule has 11 atom stereocenters. The second-order valence-corrected chi connectivity index (χ2v) is 19.7. The third-order valence-electron chi connectivity index (χ3n) is 13.2. The lowest BCUT2D eigenvalue weighted by Gasteiger charge is -2.42. The number of aliphatic hydroxyl groups excluding tert-OH is 7. The Morgan fingerprint density at radius 1 is 0.466 bits per heavy atom. The molecule has 7 N–H and O–H groups in total. The molecule has 0 amide bonds. The Kier molecular flexibility index (Phi) is 41.6. The lowest BCUT2D eigenvalue weighted by Crippen LogP contribution is -2.61. The van der Waals surface area contributed by atoms with Crippen molar-refractivity contribution in [1.82, 2.24) is 0 Å². The maximum atomic E-state index is 13.1. The molecule has 0 aromatic rings. The van der Waals surface area contributed by atoms with Crippen LogP contribution in [0.5, 0.6) is 0 Å². The summed E-state index contributed by atoms with van der Waals surface area (Å²) in [6.07, 6.45) is 41.1. The van der Waals surface area contributed by atoms with Crippen molar-refractivity contribution in [2.75, 3.05) is 33.0 Å². The average Bonchev–Trinajstić information content (AvgIpc) is 3.39. The third kappa shape index (κ3) is 32.6. The van der Waals surface area contributed by atoms with E-state index in [0.717, 1.165) is 89.9 Å². The Morgan fingerprint density at radius 3 is 1.40 bits per heavy atom. The molecule has 2 saturated heterocycles. The van der Waals surface area contributed by atoms with Crippen LogP contribution in [0, 0.1) is 0 Å². The van der Waals surface area contributed by atoms with Gasteiger partial charge in [-0.25, -0.2) is 0 Å². The van der Waals surface area contributed by atoms with Gasteiger partial charge in [0.2, 0.25) is 0 Å². The number of unbranched alkanes of at least 4 members (excludes halogenated alkanes) is 19. The zero-order valence-electron chi connectivity index (χ0n) is 45.1. The highest BCUT2D eigenvalue weighted by molar-refractivity contribution is 5.69. The number of carbonyl (C=O) groups excluding carboxylic acids is 1. The molecule has 0 bridgehead atoms. The maximum absolute atomic E-state index is 13.1. The fourth-order valence-electron chi connectivity index (χ4n) is 8.60. The summed E-state index contributed by atoms with van der Waals surface area (Å²) in [5.74, 6) is -0.390. The molecule has 2 heterocycles. The number of hydrogen-bond donors (Lipinski definition) is 7. The highest BCUT2D eigenvalue weighted by Crippen LogP contribution is 2.26. The average molecular weight is 1040 g/mol. The Balaban J connectivity index is 1.71. The number of aliphatic hydroxyl groups is 7. The Bertz CT molecular complexity index is 1480. The number of ether oxygens (including phenoxy) is 6. The Labute approximate surface area is 440 Å². The maximum Gasteiger partial charge on any atom is 0.306 e. The zero-order chi connectivity index (χ0) is 53.0. The van der Waals surface area contributed by atoms with Crippen molar-refractivity contribution in [2.45, 2.75) is 261 Å². The molecule has 14 nitrogen and oxygen atoms in total. The van der Waals surface area contributed by atoms with Crippen LogP contribution in [0.3, 0.4) is 0 Å². The van der Waals surface area contributed by atoms with E-state index in [0.29, 0.717) is 13.0 Å². The van der Waals surface area contributed by atoms with Gasteiger partial charge in [0.25, 0.3) is 0 Å². The summed E-state index contributed by atoms with van der Waals surface area (Å²) in [5.41, 5.74) is 0. The van der Waals surface area contributed by atoms with Gasteiger partial charge < -0.3 is 64.2 Å². The minimum Gasteiger partial charge on any atom is -0.457 e. The van der Waals surface area contributed by atoms with Crippen LogP contribution < -0.4 is 0 Å². The summed E-state index contributed by atoms with van der Waals surface area (Å²) in [6.45, 7) is 3.50. The SMILES string of the molecule is CC/C=C\C/C=C\C/C=C\CCCCCCOCC(COC1OC(COC2OC(CO)C(O)C(O)C2O)C(O)C(O)C1O)OC(=O)CCCCCCCCCCCC/C=C\C/C=C\C/C=C\CCCCCCC. The third-order valence-corrected chi connectivity index (χ3v) is 13.2. The largest absolute Gasteiger partial charge is 0.457 e. The molecule has 2 rings (SSSR count). The standard InChI is InChI=1S/C59H102O14/c1-3-5-7-9-11-13-15-17-19-20-21-22-23-24-25-26-27-28-29-30-32-34-36-38-40-42-51(61)71-48(45-68-43-41-39-37-35-33-31-18-16-14-12-10-8-6-4-2)46-69-58-57(67)55(65)53(63)50(73-58)47-70-59-56(66)54(64)52(62)49(44-60)72-59/h6,8,12,14-15,17-18,20-21,23-24,31,48-50,52-60,62-67H,3-5,7,9-11,13,16,19,22,25-30,32-47H2,1-2H3/b8-6-,14-12-,17-15-,21-20-,24-23-,31-18-. The number of rotatable bonds is 45. The van der Waals surface area contributed by atoms with Gasteiger partial charge in [0.15, 0.2) is 12.6 Å². The molecule has 2 fully saturated rings. The summed E-state index contributed by atoms with van der Waals surface area (Å²) in [7, 11) is 0. The highest BCUT2D eigenvalue weighted by Gasteiger charge is 2.47. The van der Waals surface area contributed by atoms with Crippen molar-refractivity contribution < 1.29 is 69.0 Å². The van der Waals surface area contributed by atoms with E-state index >= 15 is 0 Å². The molecular formula is C59H102O14. The van der Waals surface area contributed by atoms with E-state index in [2.05, 4.69) is 86.8 Å². The van der Waals surface area contributed by atoms with Crippen LogP contribution in [0.4, 0.5) is 0 Å². The van der Waals surface area contributed by atoms with E-state index in [4.69, 9.17) is 28.4 Å². The lowest BCUT2D eigenvalue weighted by molar-refractivity contribution is -0.332. The molecule has 0 radical (unpaired) electrons. The van der Waals surface area contributed by atoms with Gasteiger partial charge >= 0.3 is 5.97 Å². The van der Waals surface area contributed by atoms with Crippen LogP contribution in [0.2, 0.25) is 0 Å². The first-order valence-electron chi connectivity index (χ1n) is 28.5. The molecular weight excluding hydrogens is 933 g/mol. The minimum atomic E-state index is -1.72. The van der Waals surface area contributed by atoms with E-state index in [9.17, 15) is 40.5 Å². The van der Waals surface area contributed by atoms with E-state index in [1.54, 1.807) is 0 Å². The van der Waals surface area contributed by atoms with E-state index in [1.807, 2.05) is 0 Å². The van der Waals surface area contributed by atoms with Gasteiger partial charge in [-0.2, -0.15) is 0 Å². The van der Waals surface area contributed by atoms with Crippen molar-refractivity contribution in [1.29, 1.82) is 0 Å². The van der Waals surface area contributed by atoms with Crippen LogP contribution >= 0.6 is 0 Å². The summed E-state index contributed by atoms with van der Waals surface area (Å²) in [4.78, 5) is 13.1. The first-order chi connectivity index (χ1) is 35.6. The summed E-state index contributed by atoms with van der Waals surface area (Å²) in [5, 5.41) is 72.3. The number of carbonyl (C=O) groups is 1. The molecule has 0 aliphatic carbocycles. The number of esters is 1. The first-order valence-corrected chi connectivity index (χ1v) is 28.5. The van der Waals surface area contributed by atoms with Crippen molar-refractivity contribution in [2.24, 2.45) is 0 Å². The summed E-state index contributed by atoms with van der Waals surface area (Å²) < 4.78 is 34.3. The van der Waals surface area contributed by atoms with Crippen LogP contribution in [0.15, 0.2) is 72.9 Å². The number of allylic oxidation sites excluding steroid dienone is 12. The molecule has 14 heteroatoms. The minimum absolute atomic E-state index is 0.0415. The zero-order valence-corrected chi connectivity index (χ0v) is 45.1. The van der Waals surface area contributed by atoms with E-state index in [-0.39, 0.29) is 19.6 Å². The van der Waals surface area contributed by atoms with Gasteiger partial charge in [-0.3, -0.25) is 4.79 Å². The molecule has 2 aliphatic rings. The highest BCUT2D eigenvalue weighted by atomic mass is 16.7. The van der Waals surface area contributed by atoms with E-state index < -0.39 is 86.7 Å². The molecule has 11 unspecified atom stereocenters. The normalized spacial score (nSPS) is 25.5. The number of hydrogen-bond acceptors (Lipinski definition) is 14. The van der Waals surface area contributed by atoms with E-state index in [1.165, 1.54) is 77.0 Å². The van der Waals surface area contributed by atoms with Gasteiger partial charge in [0.1, 0.15) is 54.9 Å². The van der Waals surface area contributed by atoms with Crippen LogP contribution in [0.1, 0.15) is 194 Å². The smallest absolute Gasteiger partial charge is 0.306 e. The summed E-state index contributed by atoms with van der Waals surface area (Å²) in [6, 6.07) is 0.